The van der Waals surface area contributed by atoms with Crippen molar-refractivity contribution in [2.75, 3.05) is 43.1 Å². The number of phenols is 3. The molecule has 0 spiro atoms. The Morgan fingerprint density at radius 2 is 0.959 bits per heavy atom. The minimum atomic E-state index is 0.209. The van der Waals surface area contributed by atoms with Gasteiger partial charge in [-0.15, -0.1) is 0 Å². The van der Waals surface area contributed by atoms with E-state index in [9.17, 15) is 15.3 Å². The normalized spacial score (nSPS) is 11.1. The zero-order valence-corrected chi connectivity index (χ0v) is 30.6. The van der Waals surface area contributed by atoms with Gasteiger partial charge in [-0.05, 0) is 76.2 Å². The third-order valence-electron chi connectivity index (χ3n) is 9.15. The predicted octanol–water partition coefficient (Wildman–Crippen LogP) is 9.82. The van der Waals surface area contributed by atoms with Gasteiger partial charge in [0.1, 0.15) is 23.0 Å². The molecular formula is C39H44Cl2N4O4. The molecule has 0 saturated carbocycles. The SMILES string of the molecule is CCN(CC)c1cc(O)ccc1-c1c(Cl)c2ccc(O)cc2n1C.CCN(CC)c1cc(OC)ccc1-c1c(Cl)c2ccc(O)cc2n1C. The average molecular weight is 704 g/mol. The van der Waals surface area contributed by atoms with Crippen molar-refractivity contribution in [1.29, 1.82) is 0 Å². The Bertz CT molecular complexity index is 2110. The maximum absolute atomic E-state index is 9.94. The second kappa shape index (κ2) is 14.8. The Hall–Kier alpha value is -4.66. The number of methoxy groups -OCH3 is 1. The molecule has 4 aromatic carbocycles. The lowest BCUT2D eigenvalue weighted by Gasteiger charge is -2.25. The summed E-state index contributed by atoms with van der Waals surface area (Å²) in [5.74, 6) is 1.49. The van der Waals surface area contributed by atoms with Crippen LogP contribution in [0.3, 0.4) is 0 Å². The topological polar surface area (TPSA) is 86.3 Å². The summed E-state index contributed by atoms with van der Waals surface area (Å²) in [6.45, 7) is 11.9. The molecule has 2 aromatic heterocycles. The first kappa shape index (κ1) is 35.6. The van der Waals surface area contributed by atoms with Crippen LogP contribution in [-0.4, -0.2) is 57.7 Å². The van der Waals surface area contributed by atoms with Gasteiger partial charge >= 0.3 is 0 Å². The molecule has 0 bridgehead atoms. The molecule has 6 rings (SSSR count). The van der Waals surface area contributed by atoms with E-state index in [2.05, 4.69) is 37.5 Å². The first-order valence-corrected chi connectivity index (χ1v) is 17.2. The van der Waals surface area contributed by atoms with Crippen LogP contribution in [0.25, 0.3) is 44.3 Å². The highest BCUT2D eigenvalue weighted by molar-refractivity contribution is 6.39. The summed E-state index contributed by atoms with van der Waals surface area (Å²) in [5, 5.41) is 32.7. The minimum Gasteiger partial charge on any atom is -0.508 e. The molecule has 0 saturated heterocycles. The zero-order valence-electron chi connectivity index (χ0n) is 29.1. The Morgan fingerprint density at radius 1 is 0.571 bits per heavy atom. The fraction of sp³-hybridized carbons (Fsp3) is 0.282. The van der Waals surface area contributed by atoms with Crippen LogP contribution in [0, 0.1) is 0 Å². The van der Waals surface area contributed by atoms with Crippen molar-refractivity contribution in [2.24, 2.45) is 14.1 Å². The molecule has 0 radical (unpaired) electrons. The highest BCUT2D eigenvalue weighted by Gasteiger charge is 2.22. The van der Waals surface area contributed by atoms with E-state index in [0.29, 0.717) is 10.0 Å². The van der Waals surface area contributed by atoms with Gasteiger partial charge < -0.3 is 39.0 Å². The maximum Gasteiger partial charge on any atom is 0.120 e. The molecule has 258 valence electrons. The Balaban J connectivity index is 0.000000191. The summed E-state index contributed by atoms with van der Waals surface area (Å²) < 4.78 is 9.44. The molecule has 0 aliphatic carbocycles. The van der Waals surface area contributed by atoms with Gasteiger partial charge in [0.05, 0.1) is 39.6 Å². The molecular weight excluding hydrogens is 659 g/mol. The number of hydrogen-bond acceptors (Lipinski definition) is 6. The van der Waals surface area contributed by atoms with Crippen molar-refractivity contribution in [2.45, 2.75) is 27.7 Å². The first-order chi connectivity index (χ1) is 23.5. The number of ether oxygens (including phenoxy) is 1. The fourth-order valence-electron chi connectivity index (χ4n) is 6.57. The highest BCUT2D eigenvalue weighted by atomic mass is 35.5. The summed E-state index contributed by atoms with van der Waals surface area (Å²) in [4.78, 5) is 4.46. The van der Waals surface area contributed by atoms with E-state index in [1.165, 1.54) is 0 Å². The van der Waals surface area contributed by atoms with Gasteiger partial charge in [0.25, 0.3) is 0 Å². The van der Waals surface area contributed by atoms with Gasteiger partial charge in [0, 0.05) is 97.8 Å². The quantitative estimate of drug-likeness (QED) is 0.139. The van der Waals surface area contributed by atoms with E-state index in [1.54, 1.807) is 43.5 Å². The van der Waals surface area contributed by atoms with Crippen molar-refractivity contribution >= 4 is 56.4 Å². The van der Waals surface area contributed by atoms with Crippen molar-refractivity contribution in [3.63, 3.8) is 0 Å². The van der Waals surface area contributed by atoms with E-state index in [0.717, 1.165) is 87.6 Å². The third kappa shape index (κ3) is 6.67. The number of hydrogen-bond donors (Lipinski definition) is 3. The van der Waals surface area contributed by atoms with Crippen LogP contribution >= 0.6 is 23.2 Å². The molecule has 3 N–H and O–H groups in total. The van der Waals surface area contributed by atoms with Crippen molar-refractivity contribution in [1.82, 2.24) is 9.13 Å². The largest absolute Gasteiger partial charge is 0.508 e. The first-order valence-electron chi connectivity index (χ1n) is 16.4. The lowest BCUT2D eigenvalue weighted by atomic mass is 10.1. The van der Waals surface area contributed by atoms with Gasteiger partial charge in [0.15, 0.2) is 0 Å². The highest BCUT2D eigenvalue weighted by Crippen LogP contribution is 2.44. The number of anilines is 2. The van der Waals surface area contributed by atoms with Crippen molar-refractivity contribution in [3.05, 3.63) is 82.8 Å². The number of benzene rings is 4. The summed E-state index contributed by atoms with van der Waals surface area (Å²) in [6.07, 6.45) is 0. The number of fused-ring (bicyclic) bond motifs is 2. The van der Waals surface area contributed by atoms with Crippen LogP contribution < -0.4 is 14.5 Å². The molecule has 0 unspecified atom stereocenters. The second-order valence-corrected chi connectivity index (χ2v) is 12.5. The molecule has 0 aliphatic rings. The van der Waals surface area contributed by atoms with Gasteiger partial charge in [0.2, 0.25) is 0 Å². The number of phenolic OH excluding ortho intramolecular Hbond substituents is 3. The number of aromatic nitrogens is 2. The standard InChI is InChI=1S/C20H23ClN2O2.C19H21ClN2O2/c1-5-23(6-2)18-12-14(25-4)8-10-16(18)20-19(21)15-9-7-13(24)11-17(15)22(20)3;1-4-22(5-2)17-11-13(24)7-9-15(17)19-18(20)14-8-6-12(23)10-16(14)21(19)3/h7-12,24H,5-6H2,1-4H3;6-11,23-24H,4-5H2,1-3H3. The van der Waals surface area contributed by atoms with Crippen LogP contribution in [0.15, 0.2) is 72.8 Å². The number of aromatic hydroxyl groups is 3. The summed E-state index contributed by atoms with van der Waals surface area (Å²) in [5.41, 5.74) is 7.62. The molecule has 10 heteroatoms. The van der Waals surface area contributed by atoms with Gasteiger partial charge in [-0.1, -0.05) is 23.2 Å². The van der Waals surface area contributed by atoms with Gasteiger partial charge in [-0.3, -0.25) is 0 Å². The van der Waals surface area contributed by atoms with E-state index < -0.39 is 0 Å². The molecule has 2 heterocycles. The van der Waals surface area contributed by atoms with Crippen LogP contribution in [0.4, 0.5) is 11.4 Å². The molecule has 49 heavy (non-hydrogen) atoms. The summed E-state index contributed by atoms with van der Waals surface area (Å²) in [7, 11) is 5.58. The molecule has 0 atom stereocenters. The molecule has 6 aromatic rings. The van der Waals surface area contributed by atoms with E-state index in [1.807, 2.05) is 59.6 Å². The molecule has 8 nitrogen and oxygen atoms in total. The number of aryl methyl sites for hydroxylation is 2. The fourth-order valence-corrected chi connectivity index (χ4v) is 7.34. The van der Waals surface area contributed by atoms with E-state index in [4.69, 9.17) is 27.9 Å². The van der Waals surface area contributed by atoms with Crippen LogP contribution in [0.2, 0.25) is 10.0 Å². The lowest BCUT2D eigenvalue weighted by molar-refractivity contribution is 0.415. The van der Waals surface area contributed by atoms with Crippen LogP contribution in [0.1, 0.15) is 27.7 Å². The predicted molar refractivity (Wildman–Crippen MR) is 205 cm³/mol. The zero-order chi connectivity index (χ0) is 35.6. The number of nitrogens with zero attached hydrogens (tertiary/aromatic N) is 4. The summed E-state index contributed by atoms with van der Waals surface area (Å²) >= 11 is 13.4. The molecule has 0 fully saturated rings. The van der Waals surface area contributed by atoms with Crippen LogP contribution in [-0.2, 0) is 14.1 Å². The van der Waals surface area contributed by atoms with Crippen molar-refractivity contribution < 1.29 is 20.1 Å². The second-order valence-electron chi connectivity index (χ2n) is 11.8. The third-order valence-corrected chi connectivity index (χ3v) is 9.91. The monoisotopic (exact) mass is 702 g/mol. The van der Waals surface area contributed by atoms with Crippen LogP contribution in [0.5, 0.6) is 23.0 Å². The summed E-state index contributed by atoms with van der Waals surface area (Å²) in [6, 6.07) is 21.8. The molecule has 0 aliphatic heterocycles. The number of halogens is 2. The minimum absolute atomic E-state index is 0.209. The van der Waals surface area contributed by atoms with Gasteiger partial charge in [-0.25, -0.2) is 0 Å². The van der Waals surface area contributed by atoms with E-state index >= 15 is 0 Å². The van der Waals surface area contributed by atoms with Crippen molar-refractivity contribution in [3.8, 4) is 45.5 Å². The van der Waals surface area contributed by atoms with E-state index in [-0.39, 0.29) is 17.2 Å². The number of rotatable bonds is 9. The Morgan fingerprint density at radius 3 is 1.39 bits per heavy atom. The smallest absolute Gasteiger partial charge is 0.120 e. The average Bonchev–Trinajstić information content (AvgIpc) is 3.49. The lowest BCUT2D eigenvalue weighted by Crippen LogP contribution is -2.22. The van der Waals surface area contributed by atoms with Gasteiger partial charge in [-0.2, -0.15) is 0 Å². The Kier molecular flexibility index (Phi) is 10.8. The molecule has 0 amide bonds. The Labute approximate surface area is 297 Å². The maximum atomic E-state index is 9.94.